The first-order valence-corrected chi connectivity index (χ1v) is 11.2. The van der Waals surface area contributed by atoms with Crippen molar-refractivity contribution in [2.24, 2.45) is 0 Å². The molecule has 0 N–H and O–H groups in total. The maximum absolute atomic E-state index is 6.32. The summed E-state index contributed by atoms with van der Waals surface area (Å²) in [6.45, 7) is 2.17. The predicted molar refractivity (Wildman–Crippen MR) is 124 cm³/mol. The fourth-order valence-corrected chi connectivity index (χ4v) is 5.58. The standard InChI is InChI=1S/C24H22ClN3S/c1-15-20(18-13-12-16-8-6-7-9-17(16)14-18)21-22(26-24(25)27-23(21)29-15)28(2)19-10-4-3-5-11-19/h3-5,10-14H,6-9H2,1-2H3. The topological polar surface area (TPSA) is 29.0 Å². The fraction of sp³-hybridized carbons (Fsp3) is 0.250. The number of fused-ring (bicyclic) bond motifs is 2. The lowest BCUT2D eigenvalue weighted by Gasteiger charge is -2.21. The summed E-state index contributed by atoms with van der Waals surface area (Å²) in [5, 5.41) is 1.37. The van der Waals surface area contributed by atoms with Gasteiger partial charge in [0.1, 0.15) is 10.6 Å². The highest BCUT2D eigenvalue weighted by molar-refractivity contribution is 7.19. The first kappa shape index (κ1) is 18.6. The Balaban J connectivity index is 1.74. The van der Waals surface area contributed by atoms with Crippen LogP contribution in [-0.2, 0) is 12.8 Å². The Morgan fingerprint density at radius 2 is 1.72 bits per heavy atom. The minimum Gasteiger partial charge on any atom is -0.329 e. The van der Waals surface area contributed by atoms with Crippen LogP contribution in [0.15, 0.2) is 48.5 Å². The molecule has 2 heterocycles. The normalized spacial score (nSPS) is 13.5. The van der Waals surface area contributed by atoms with Gasteiger partial charge in [0.25, 0.3) is 0 Å². The third kappa shape index (κ3) is 3.30. The van der Waals surface area contributed by atoms with Crippen LogP contribution < -0.4 is 4.90 Å². The number of hydrogen-bond acceptors (Lipinski definition) is 4. The predicted octanol–water partition coefficient (Wildman–Crippen LogP) is 6.97. The lowest BCUT2D eigenvalue weighted by atomic mass is 9.89. The molecule has 0 saturated carbocycles. The number of halogens is 1. The van der Waals surface area contributed by atoms with Crippen molar-refractivity contribution in [3.8, 4) is 11.1 Å². The second-order valence-corrected chi connectivity index (χ2v) is 9.16. The number of aromatic nitrogens is 2. The van der Waals surface area contributed by atoms with Crippen molar-refractivity contribution < 1.29 is 0 Å². The highest BCUT2D eigenvalue weighted by Gasteiger charge is 2.22. The van der Waals surface area contributed by atoms with Gasteiger partial charge in [0.2, 0.25) is 5.28 Å². The molecule has 0 radical (unpaired) electrons. The monoisotopic (exact) mass is 419 g/mol. The van der Waals surface area contributed by atoms with E-state index in [1.807, 2.05) is 25.2 Å². The van der Waals surface area contributed by atoms with E-state index in [0.29, 0.717) is 0 Å². The van der Waals surface area contributed by atoms with Crippen LogP contribution in [0.1, 0.15) is 28.8 Å². The van der Waals surface area contributed by atoms with E-state index in [-0.39, 0.29) is 5.28 Å². The largest absolute Gasteiger partial charge is 0.329 e. The van der Waals surface area contributed by atoms with Gasteiger partial charge in [-0.05, 0) is 73.0 Å². The van der Waals surface area contributed by atoms with Crippen molar-refractivity contribution in [1.82, 2.24) is 9.97 Å². The van der Waals surface area contributed by atoms with Gasteiger partial charge in [-0.2, -0.15) is 4.98 Å². The number of thiophene rings is 1. The lowest BCUT2D eigenvalue weighted by molar-refractivity contribution is 0.686. The van der Waals surface area contributed by atoms with E-state index in [4.69, 9.17) is 11.6 Å². The highest BCUT2D eigenvalue weighted by atomic mass is 35.5. The highest BCUT2D eigenvalue weighted by Crippen LogP contribution is 2.44. The Morgan fingerprint density at radius 1 is 0.966 bits per heavy atom. The van der Waals surface area contributed by atoms with Crippen molar-refractivity contribution >= 4 is 44.7 Å². The summed E-state index contributed by atoms with van der Waals surface area (Å²) < 4.78 is 0. The zero-order valence-electron chi connectivity index (χ0n) is 16.6. The van der Waals surface area contributed by atoms with E-state index in [2.05, 4.69) is 52.1 Å². The van der Waals surface area contributed by atoms with Crippen molar-refractivity contribution in [3.05, 3.63) is 69.8 Å². The number of rotatable bonds is 3. The van der Waals surface area contributed by atoms with Crippen molar-refractivity contribution in [2.45, 2.75) is 32.6 Å². The molecule has 0 unspecified atom stereocenters. The molecular formula is C24H22ClN3S. The van der Waals surface area contributed by atoms with Crippen LogP contribution >= 0.6 is 22.9 Å². The van der Waals surface area contributed by atoms with E-state index in [1.165, 1.54) is 52.8 Å². The van der Waals surface area contributed by atoms with Gasteiger partial charge in [-0.15, -0.1) is 11.3 Å². The zero-order valence-corrected chi connectivity index (χ0v) is 18.1. The molecule has 5 heteroatoms. The Labute approximate surface area is 180 Å². The molecule has 1 aliphatic carbocycles. The van der Waals surface area contributed by atoms with E-state index >= 15 is 0 Å². The van der Waals surface area contributed by atoms with E-state index in [0.717, 1.165) is 21.7 Å². The Kier molecular flexibility index (Phi) is 4.76. The van der Waals surface area contributed by atoms with Crippen LogP contribution in [0.4, 0.5) is 11.5 Å². The minimum absolute atomic E-state index is 0.286. The average Bonchev–Trinajstić information content (AvgIpc) is 3.08. The summed E-state index contributed by atoms with van der Waals surface area (Å²) >= 11 is 8.01. The van der Waals surface area contributed by atoms with Gasteiger partial charge in [-0.1, -0.05) is 36.4 Å². The number of aryl methyl sites for hydroxylation is 3. The maximum Gasteiger partial charge on any atom is 0.225 e. The van der Waals surface area contributed by atoms with Crippen molar-refractivity contribution in [1.29, 1.82) is 0 Å². The van der Waals surface area contributed by atoms with Gasteiger partial charge in [-0.25, -0.2) is 4.98 Å². The Morgan fingerprint density at radius 3 is 2.52 bits per heavy atom. The molecule has 0 aliphatic heterocycles. The molecule has 5 rings (SSSR count). The summed E-state index contributed by atoms with van der Waals surface area (Å²) in [6, 6.07) is 17.2. The number of nitrogens with zero attached hydrogens (tertiary/aromatic N) is 3. The molecule has 0 saturated heterocycles. The summed E-state index contributed by atoms with van der Waals surface area (Å²) in [7, 11) is 2.04. The van der Waals surface area contributed by atoms with Crippen molar-refractivity contribution in [3.63, 3.8) is 0 Å². The van der Waals surface area contributed by atoms with Crippen LogP contribution in [0.3, 0.4) is 0 Å². The third-order valence-corrected chi connectivity index (χ3v) is 6.95. The van der Waals surface area contributed by atoms with Crippen molar-refractivity contribution in [2.75, 3.05) is 11.9 Å². The van der Waals surface area contributed by atoms with Gasteiger partial charge >= 0.3 is 0 Å². The Hall–Kier alpha value is -2.43. The molecule has 3 nitrogen and oxygen atoms in total. The second kappa shape index (κ2) is 7.43. The van der Waals surface area contributed by atoms with E-state index < -0.39 is 0 Å². The first-order chi connectivity index (χ1) is 14.1. The summed E-state index contributed by atoms with van der Waals surface area (Å²) in [5.74, 6) is 0.850. The average molecular weight is 420 g/mol. The number of para-hydroxylation sites is 1. The van der Waals surface area contributed by atoms with Crippen LogP contribution in [0.2, 0.25) is 5.28 Å². The number of hydrogen-bond donors (Lipinski definition) is 0. The molecule has 0 atom stereocenters. The summed E-state index contributed by atoms with van der Waals surface area (Å²) in [5.41, 5.74) is 6.54. The first-order valence-electron chi connectivity index (χ1n) is 9.99. The molecule has 29 heavy (non-hydrogen) atoms. The summed E-state index contributed by atoms with van der Waals surface area (Å²) in [4.78, 5) is 13.5. The molecule has 0 spiro atoms. The molecule has 0 amide bonds. The van der Waals surface area contributed by atoms with Gasteiger partial charge in [0.15, 0.2) is 0 Å². The number of anilines is 2. The zero-order chi connectivity index (χ0) is 20.0. The van der Waals surface area contributed by atoms with Crippen LogP contribution in [0, 0.1) is 6.92 Å². The fourth-order valence-electron chi connectivity index (χ4n) is 4.32. The molecule has 4 aromatic rings. The second-order valence-electron chi connectivity index (χ2n) is 7.61. The van der Waals surface area contributed by atoms with E-state index in [1.54, 1.807) is 11.3 Å². The smallest absolute Gasteiger partial charge is 0.225 e. The quantitative estimate of drug-likeness (QED) is 0.336. The SMILES string of the molecule is Cc1sc2nc(Cl)nc(N(C)c3ccccc3)c2c1-c1ccc2c(c1)CCCC2. The van der Waals surface area contributed by atoms with Gasteiger partial charge in [0.05, 0.1) is 5.39 Å². The number of benzene rings is 2. The van der Waals surface area contributed by atoms with Crippen LogP contribution in [0.25, 0.3) is 21.3 Å². The van der Waals surface area contributed by atoms with Gasteiger partial charge < -0.3 is 4.90 Å². The molecule has 2 aromatic carbocycles. The van der Waals surface area contributed by atoms with Gasteiger partial charge in [0, 0.05) is 23.2 Å². The van der Waals surface area contributed by atoms with Crippen LogP contribution in [-0.4, -0.2) is 17.0 Å². The van der Waals surface area contributed by atoms with Gasteiger partial charge in [-0.3, -0.25) is 0 Å². The third-order valence-electron chi connectivity index (χ3n) is 5.78. The maximum atomic E-state index is 6.32. The minimum atomic E-state index is 0.286. The Bertz CT molecular complexity index is 1200. The summed E-state index contributed by atoms with van der Waals surface area (Å²) in [6.07, 6.45) is 4.94. The molecule has 0 bridgehead atoms. The van der Waals surface area contributed by atoms with Crippen LogP contribution in [0.5, 0.6) is 0 Å². The molecule has 2 aromatic heterocycles. The molecule has 1 aliphatic rings. The molecule has 0 fully saturated rings. The lowest BCUT2D eigenvalue weighted by Crippen LogP contribution is -2.12. The molecular weight excluding hydrogens is 398 g/mol. The molecule has 146 valence electrons. The van der Waals surface area contributed by atoms with E-state index in [9.17, 15) is 0 Å².